The molecule has 0 aliphatic carbocycles. The van der Waals surface area contributed by atoms with Gasteiger partial charge in [0.05, 0.1) is 6.04 Å². The normalized spacial score (nSPS) is 22.1. The van der Waals surface area contributed by atoms with Crippen molar-refractivity contribution in [3.63, 3.8) is 0 Å². The highest BCUT2D eigenvalue weighted by Crippen LogP contribution is 2.27. The molecule has 2 heterocycles. The lowest BCUT2D eigenvalue weighted by Crippen LogP contribution is -2.64. The van der Waals surface area contributed by atoms with Crippen LogP contribution in [0.4, 0.5) is 4.79 Å². The Labute approximate surface area is 170 Å². The molecule has 2 N–H and O–H groups in total. The summed E-state index contributed by atoms with van der Waals surface area (Å²) in [5.74, 6) is 0.302. The number of urea groups is 1. The molecule has 1 saturated heterocycles. The average Bonchev–Trinajstić information content (AvgIpc) is 3.07. The number of guanidine groups is 1. The number of fused-ring (bicyclic) bond motifs is 1. The number of benzene rings is 2. The van der Waals surface area contributed by atoms with E-state index in [4.69, 9.17) is 4.99 Å². The number of hydrogen-bond donors (Lipinski definition) is 2. The predicted molar refractivity (Wildman–Crippen MR) is 111 cm³/mol. The van der Waals surface area contributed by atoms with Gasteiger partial charge in [0, 0.05) is 13.6 Å². The van der Waals surface area contributed by atoms with E-state index in [1.807, 2.05) is 47.4 Å². The summed E-state index contributed by atoms with van der Waals surface area (Å²) < 4.78 is 0. The van der Waals surface area contributed by atoms with Crippen molar-refractivity contribution in [1.82, 2.24) is 20.4 Å². The standard InChI is InChI=1S/C22H25N5O2/c1-14-9-7-8-12-17(14)13-27-18-19(26(3)22(29)25-20(18)28)24-21(27)23-15(2)16-10-5-4-6-11-16/h4-12,15,18-19H,13H2,1-3H3,(H,23,24)(H,25,28,29). The van der Waals surface area contributed by atoms with Crippen LogP contribution in [0.3, 0.4) is 0 Å². The van der Waals surface area contributed by atoms with Crippen LogP contribution in [0.1, 0.15) is 29.7 Å². The fourth-order valence-electron chi connectivity index (χ4n) is 3.81. The van der Waals surface area contributed by atoms with Gasteiger partial charge >= 0.3 is 6.03 Å². The number of amides is 3. The van der Waals surface area contributed by atoms with E-state index in [-0.39, 0.29) is 11.9 Å². The molecule has 3 unspecified atom stereocenters. The quantitative estimate of drug-likeness (QED) is 0.839. The lowest BCUT2D eigenvalue weighted by molar-refractivity contribution is -0.127. The number of likely N-dealkylation sites (N-methyl/N-ethyl adjacent to an activating group) is 1. The molecule has 0 aromatic heterocycles. The van der Waals surface area contributed by atoms with Crippen LogP contribution in [0.2, 0.25) is 0 Å². The van der Waals surface area contributed by atoms with Crippen LogP contribution in [-0.2, 0) is 11.3 Å². The zero-order valence-electron chi connectivity index (χ0n) is 16.8. The summed E-state index contributed by atoms with van der Waals surface area (Å²) in [6.45, 7) is 4.63. The molecule has 2 aliphatic heterocycles. The van der Waals surface area contributed by atoms with Crippen LogP contribution in [-0.4, -0.2) is 47.0 Å². The highest BCUT2D eigenvalue weighted by Gasteiger charge is 2.48. The number of aryl methyl sites for hydroxylation is 1. The van der Waals surface area contributed by atoms with Crippen molar-refractivity contribution in [2.75, 3.05) is 7.05 Å². The Balaban J connectivity index is 1.66. The smallest absolute Gasteiger partial charge is 0.325 e. The Kier molecular flexibility index (Phi) is 4.96. The summed E-state index contributed by atoms with van der Waals surface area (Å²) in [5.41, 5.74) is 3.38. The molecule has 0 saturated carbocycles. The maximum absolute atomic E-state index is 12.7. The van der Waals surface area contributed by atoms with Gasteiger partial charge < -0.3 is 15.1 Å². The number of rotatable bonds is 4. The van der Waals surface area contributed by atoms with Gasteiger partial charge in [-0.15, -0.1) is 0 Å². The SMILES string of the molecule is Cc1ccccc1CN1C(NC(C)c2ccccc2)=NC2C1C(=O)NC(=O)N2C. The highest BCUT2D eigenvalue weighted by molar-refractivity contribution is 6.03. The molecule has 3 amide bonds. The molecule has 2 aromatic rings. The second-order valence-corrected chi connectivity index (χ2v) is 7.55. The summed E-state index contributed by atoms with van der Waals surface area (Å²) >= 11 is 0. The molecule has 29 heavy (non-hydrogen) atoms. The maximum atomic E-state index is 12.7. The van der Waals surface area contributed by atoms with Gasteiger partial charge in [-0.1, -0.05) is 54.6 Å². The van der Waals surface area contributed by atoms with Crippen LogP contribution in [0.25, 0.3) is 0 Å². The molecule has 7 nitrogen and oxygen atoms in total. The highest BCUT2D eigenvalue weighted by atomic mass is 16.2. The van der Waals surface area contributed by atoms with Gasteiger partial charge in [0.25, 0.3) is 5.91 Å². The first-order chi connectivity index (χ1) is 14.0. The van der Waals surface area contributed by atoms with Gasteiger partial charge in [-0.2, -0.15) is 0 Å². The lowest BCUT2D eigenvalue weighted by Gasteiger charge is -2.36. The molecule has 3 atom stereocenters. The zero-order chi connectivity index (χ0) is 20.5. The molecule has 0 spiro atoms. The molecular formula is C22H25N5O2. The molecule has 1 fully saturated rings. The van der Waals surface area contributed by atoms with Crippen molar-refractivity contribution >= 4 is 17.9 Å². The van der Waals surface area contributed by atoms with Crippen molar-refractivity contribution in [2.24, 2.45) is 4.99 Å². The molecule has 0 radical (unpaired) electrons. The van der Waals surface area contributed by atoms with Crippen LogP contribution in [0.15, 0.2) is 59.6 Å². The third kappa shape index (κ3) is 3.55. The third-order valence-electron chi connectivity index (χ3n) is 5.61. The van der Waals surface area contributed by atoms with Gasteiger partial charge in [0.15, 0.2) is 18.2 Å². The first-order valence-corrected chi connectivity index (χ1v) is 9.74. The van der Waals surface area contributed by atoms with Crippen LogP contribution in [0, 0.1) is 6.92 Å². The summed E-state index contributed by atoms with van der Waals surface area (Å²) in [7, 11) is 1.67. The third-order valence-corrected chi connectivity index (χ3v) is 5.61. The van der Waals surface area contributed by atoms with E-state index < -0.39 is 18.2 Å². The van der Waals surface area contributed by atoms with E-state index in [0.717, 1.165) is 16.7 Å². The van der Waals surface area contributed by atoms with Crippen molar-refractivity contribution in [2.45, 2.75) is 38.6 Å². The van der Waals surface area contributed by atoms with Crippen molar-refractivity contribution < 1.29 is 9.59 Å². The van der Waals surface area contributed by atoms with E-state index in [2.05, 4.69) is 36.6 Å². The lowest BCUT2D eigenvalue weighted by atomic mass is 10.1. The minimum atomic E-state index is -0.567. The fraction of sp³-hybridized carbons (Fsp3) is 0.318. The number of carbonyl (C=O) groups is 2. The molecule has 2 aromatic carbocycles. The fourth-order valence-corrected chi connectivity index (χ4v) is 3.81. The summed E-state index contributed by atoms with van der Waals surface area (Å²) in [5, 5.41) is 5.90. The van der Waals surface area contributed by atoms with Gasteiger partial charge in [0.2, 0.25) is 0 Å². The summed E-state index contributed by atoms with van der Waals surface area (Å²) in [6.07, 6.45) is -0.550. The van der Waals surface area contributed by atoms with Gasteiger partial charge in [0.1, 0.15) is 0 Å². The maximum Gasteiger partial charge on any atom is 0.325 e. The summed E-state index contributed by atoms with van der Waals surface area (Å²) in [6, 6.07) is 17.2. The molecule has 150 valence electrons. The first-order valence-electron chi connectivity index (χ1n) is 9.74. The Bertz CT molecular complexity index is 959. The van der Waals surface area contributed by atoms with Crippen molar-refractivity contribution in [3.8, 4) is 0 Å². The van der Waals surface area contributed by atoms with Crippen molar-refractivity contribution in [1.29, 1.82) is 0 Å². The van der Waals surface area contributed by atoms with Crippen LogP contribution < -0.4 is 10.6 Å². The van der Waals surface area contributed by atoms with E-state index in [1.54, 1.807) is 7.05 Å². The Morgan fingerprint density at radius 3 is 2.52 bits per heavy atom. The monoisotopic (exact) mass is 391 g/mol. The Morgan fingerprint density at radius 1 is 1.10 bits per heavy atom. The molecule has 2 aliphatic rings. The van der Waals surface area contributed by atoms with Crippen LogP contribution in [0.5, 0.6) is 0 Å². The number of imide groups is 1. The van der Waals surface area contributed by atoms with E-state index in [0.29, 0.717) is 12.5 Å². The number of aliphatic imine (C=N–C) groups is 1. The van der Waals surface area contributed by atoms with E-state index >= 15 is 0 Å². The van der Waals surface area contributed by atoms with Gasteiger partial charge in [-0.05, 0) is 30.5 Å². The van der Waals surface area contributed by atoms with Gasteiger partial charge in [-0.25, -0.2) is 9.79 Å². The van der Waals surface area contributed by atoms with E-state index in [1.165, 1.54) is 4.90 Å². The van der Waals surface area contributed by atoms with Crippen molar-refractivity contribution in [3.05, 3.63) is 71.3 Å². The first kappa shape index (κ1) is 19.0. The molecule has 4 rings (SSSR count). The number of carbonyl (C=O) groups excluding carboxylic acids is 2. The zero-order valence-corrected chi connectivity index (χ0v) is 16.8. The van der Waals surface area contributed by atoms with Gasteiger partial charge in [-0.3, -0.25) is 10.1 Å². The second-order valence-electron chi connectivity index (χ2n) is 7.55. The van der Waals surface area contributed by atoms with E-state index in [9.17, 15) is 9.59 Å². The number of nitrogens with zero attached hydrogens (tertiary/aromatic N) is 3. The summed E-state index contributed by atoms with van der Waals surface area (Å²) in [4.78, 5) is 33.0. The average molecular weight is 391 g/mol. The second kappa shape index (κ2) is 7.58. The predicted octanol–water partition coefficient (Wildman–Crippen LogP) is 2.39. The minimum absolute atomic E-state index is 0.00135. The number of nitrogens with one attached hydrogen (secondary N) is 2. The Hall–Kier alpha value is -3.35. The largest absolute Gasteiger partial charge is 0.350 e. The number of hydrogen-bond acceptors (Lipinski definition) is 5. The molecule has 0 bridgehead atoms. The topological polar surface area (TPSA) is 77.0 Å². The molecule has 7 heteroatoms. The minimum Gasteiger partial charge on any atom is -0.350 e. The Morgan fingerprint density at radius 2 is 1.79 bits per heavy atom. The molecular weight excluding hydrogens is 366 g/mol. The van der Waals surface area contributed by atoms with Crippen LogP contribution >= 0.6 is 0 Å².